The Morgan fingerprint density at radius 2 is 1.85 bits per heavy atom. The smallest absolute Gasteiger partial charge is 0.323 e. The van der Waals surface area contributed by atoms with Crippen molar-refractivity contribution >= 4 is 34.1 Å². The molecule has 7 nitrogen and oxygen atoms in total. The Kier molecular flexibility index (Phi) is 6.28. The highest BCUT2D eigenvalue weighted by molar-refractivity contribution is 6.03. The zero-order valence-electron chi connectivity index (χ0n) is 18.8. The molecule has 4 rings (SSSR count). The van der Waals surface area contributed by atoms with Crippen LogP contribution in [0.2, 0.25) is 0 Å². The van der Waals surface area contributed by atoms with E-state index in [0.717, 1.165) is 33.2 Å². The number of amides is 2. The van der Waals surface area contributed by atoms with Gasteiger partial charge in [0.2, 0.25) is 0 Å². The number of anilines is 3. The van der Waals surface area contributed by atoms with Crippen LogP contribution in [0.1, 0.15) is 25.0 Å². The van der Waals surface area contributed by atoms with Crippen LogP contribution in [0.25, 0.3) is 22.0 Å². The first kappa shape index (κ1) is 22.3. The number of aromatic nitrogens is 2. The third kappa shape index (κ3) is 4.96. The minimum absolute atomic E-state index is 0.133. The van der Waals surface area contributed by atoms with Crippen LogP contribution in [-0.4, -0.2) is 22.3 Å². The predicted molar refractivity (Wildman–Crippen MR) is 132 cm³/mol. The highest BCUT2D eigenvalue weighted by atomic mass is 19.1. The lowest BCUT2D eigenvalue weighted by Gasteiger charge is -2.12. The number of H-pyrrole nitrogens is 1. The van der Waals surface area contributed by atoms with Crippen LogP contribution in [-0.2, 0) is 6.54 Å². The van der Waals surface area contributed by atoms with E-state index in [-0.39, 0.29) is 5.69 Å². The highest BCUT2D eigenvalue weighted by Gasteiger charge is 2.14. The normalized spacial score (nSPS) is 11.2. The molecule has 170 valence electrons. The van der Waals surface area contributed by atoms with Crippen molar-refractivity contribution in [1.82, 2.24) is 15.5 Å². The summed E-state index contributed by atoms with van der Waals surface area (Å²) in [5, 5.41) is 16.8. The van der Waals surface area contributed by atoms with Crippen molar-refractivity contribution in [1.29, 1.82) is 0 Å². The topological polar surface area (TPSA) is 108 Å². The van der Waals surface area contributed by atoms with Gasteiger partial charge in [-0.15, -0.1) is 0 Å². The van der Waals surface area contributed by atoms with Crippen molar-refractivity contribution < 1.29 is 9.18 Å². The summed E-state index contributed by atoms with van der Waals surface area (Å²) in [6.07, 6.45) is 0. The van der Waals surface area contributed by atoms with E-state index < -0.39 is 11.8 Å². The van der Waals surface area contributed by atoms with Gasteiger partial charge >= 0.3 is 6.03 Å². The molecule has 3 aromatic carbocycles. The maximum absolute atomic E-state index is 13.9. The molecule has 0 unspecified atom stereocenters. The van der Waals surface area contributed by atoms with Gasteiger partial charge in [-0.2, -0.15) is 5.10 Å². The third-order valence-electron chi connectivity index (χ3n) is 5.36. The van der Waals surface area contributed by atoms with Crippen molar-refractivity contribution in [2.24, 2.45) is 0 Å². The number of carbonyl (C=O) groups excluding carboxylic acids is 1. The fourth-order valence-electron chi connectivity index (χ4n) is 3.67. The van der Waals surface area contributed by atoms with Crippen molar-refractivity contribution in [3.8, 4) is 11.1 Å². The van der Waals surface area contributed by atoms with E-state index in [1.165, 1.54) is 6.07 Å². The molecule has 8 heteroatoms. The van der Waals surface area contributed by atoms with Crippen LogP contribution in [0.3, 0.4) is 0 Å². The summed E-state index contributed by atoms with van der Waals surface area (Å²) in [4.78, 5) is 12.3. The molecule has 0 saturated heterocycles. The zero-order valence-corrected chi connectivity index (χ0v) is 18.8. The van der Waals surface area contributed by atoms with Gasteiger partial charge in [-0.3, -0.25) is 5.10 Å². The summed E-state index contributed by atoms with van der Waals surface area (Å²) in [7, 11) is 0. The first-order chi connectivity index (χ1) is 15.8. The van der Waals surface area contributed by atoms with Crippen molar-refractivity contribution in [3.05, 3.63) is 71.5 Å². The minimum Gasteiger partial charge on any atom is -0.382 e. The van der Waals surface area contributed by atoms with Gasteiger partial charge in [0.1, 0.15) is 5.82 Å². The number of hydrogen-bond donors (Lipinski definition) is 5. The quantitative estimate of drug-likeness (QED) is 0.273. The number of nitrogens with zero attached hydrogens (tertiary/aromatic N) is 1. The Balaban J connectivity index is 1.53. The first-order valence-electron chi connectivity index (χ1n) is 10.7. The van der Waals surface area contributed by atoms with Crippen LogP contribution in [0.15, 0.2) is 54.6 Å². The van der Waals surface area contributed by atoms with Crippen LogP contribution >= 0.6 is 0 Å². The van der Waals surface area contributed by atoms with Gasteiger partial charge in [-0.05, 0) is 53.4 Å². The van der Waals surface area contributed by atoms with Crippen LogP contribution in [0.4, 0.5) is 26.4 Å². The Labute approximate surface area is 191 Å². The molecule has 1 aromatic heterocycles. The summed E-state index contributed by atoms with van der Waals surface area (Å²) < 4.78 is 13.9. The fraction of sp³-hybridized carbons (Fsp3) is 0.200. The van der Waals surface area contributed by atoms with E-state index >= 15 is 0 Å². The second kappa shape index (κ2) is 9.30. The molecule has 0 bridgehead atoms. The lowest BCUT2D eigenvalue weighted by molar-refractivity contribution is 0.262. The molecular weight excluding hydrogens is 419 g/mol. The van der Waals surface area contributed by atoms with E-state index in [9.17, 15) is 9.18 Å². The molecule has 0 fully saturated rings. The first-order valence-corrected chi connectivity index (χ1v) is 10.7. The standard InChI is InChI=1S/C25H27FN6O/c1-14(2)28-13-17-7-10-19(22-23(17)31-32-24(22)27)16-5-8-18(9-6-16)29-25(33)30-21-12-15(3)4-11-20(21)26/h4-12,14,28H,13H2,1-3H3,(H3,27,31,32)(H2,29,30,33). The number of nitrogens with one attached hydrogen (secondary N) is 4. The van der Waals surface area contributed by atoms with Gasteiger partial charge in [0.25, 0.3) is 0 Å². The Morgan fingerprint density at radius 1 is 1.09 bits per heavy atom. The van der Waals surface area contributed by atoms with Gasteiger partial charge in [0.05, 0.1) is 16.6 Å². The van der Waals surface area contributed by atoms with Gasteiger partial charge in [0.15, 0.2) is 5.82 Å². The molecule has 0 aliphatic heterocycles. The van der Waals surface area contributed by atoms with E-state index in [0.29, 0.717) is 24.1 Å². The van der Waals surface area contributed by atoms with Gasteiger partial charge < -0.3 is 21.7 Å². The molecule has 1 heterocycles. The largest absolute Gasteiger partial charge is 0.382 e. The highest BCUT2D eigenvalue weighted by Crippen LogP contribution is 2.34. The molecule has 0 radical (unpaired) electrons. The molecule has 0 saturated carbocycles. The van der Waals surface area contributed by atoms with E-state index in [4.69, 9.17) is 5.73 Å². The molecular formula is C25H27FN6O. The molecule has 0 aliphatic rings. The summed E-state index contributed by atoms with van der Waals surface area (Å²) in [5.41, 5.74) is 11.6. The van der Waals surface area contributed by atoms with Crippen molar-refractivity contribution in [3.63, 3.8) is 0 Å². The Morgan fingerprint density at radius 3 is 2.58 bits per heavy atom. The van der Waals surface area contributed by atoms with Crippen LogP contribution < -0.4 is 21.7 Å². The molecule has 33 heavy (non-hydrogen) atoms. The number of nitrogen functional groups attached to an aromatic ring is 1. The number of halogens is 1. The Bertz CT molecular complexity index is 1300. The number of urea groups is 1. The Hall–Kier alpha value is -3.91. The van der Waals surface area contributed by atoms with E-state index in [1.807, 2.05) is 25.1 Å². The van der Waals surface area contributed by atoms with Crippen molar-refractivity contribution in [2.75, 3.05) is 16.4 Å². The minimum atomic E-state index is -0.518. The molecule has 0 aliphatic carbocycles. The van der Waals surface area contributed by atoms with E-state index in [2.05, 4.69) is 46.1 Å². The van der Waals surface area contributed by atoms with Crippen molar-refractivity contribution in [2.45, 2.75) is 33.4 Å². The number of benzene rings is 3. The number of aromatic amines is 1. The number of aryl methyl sites for hydroxylation is 1. The van der Waals surface area contributed by atoms with Gasteiger partial charge in [-0.1, -0.05) is 44.2 Å². The average molecular weight is 447 g/mol. The predicted octanol–water partition coefficient (Wildman–Crippen LogP) is 5.40. The lowest BCUT2D eigenvalue weighted by Crippen LogP contribution is -2.21. The van der Waals surface area contributed by atoms with Gasteiger partial charge in [-0.25, -0.2) is 9.18 Å². The molecule has 0 atom stereocenters. The maximum Gasteiger partial charge on any atom is 0.323 e. The van der Waals surface area contributed by atoms with Gasteiger partial charge in [0, 0.05) is 18.3 Å². The average Bonchev–Trinajstić information content (AvgIpc) is 3.17. The molecule has 4 aromatic rings. The van der Waals surface area contributed by atoms with E-state index in [1.54, 1.807) is 24.3 Å². The SMILES string of the molecule is Cc1ccc(F)c(NC(=O)Nc2ccc(-c3ccc(CNC(C)C)c4[nH]nc(N)c34)cc2)c1. The third-order valence-corrected chi connectivity index (χ3v) is 5.36. The number of hydrogen-bond acceptors (Lipinski definition) is 4. The zero-order chi connectivity index (χ0) is 23.5. The monoisotopic (exact) mass is 446 g/mol. The summed E-state index contributed by atoms with van der Waals surface area (Å²) in [6, 6.07) is 15.9. The molecule has 2 amide bonds. The summed E-state index contributed by atoms with van der Waals surface area (Å²) >= 11 is 0. The number of fused-ring (bicyclic) bond motifs is 1. The number of carbonyl (C=O) groups is 1. The summed E-state index contributed by atoms with van der Waals surface area (Å²) in [5.74, 6) is -0.0481. The number of nitrogens with two attached hydrogens (primary N) is 1. The number of rotatable bonds is 6. The fourth-order valence-corrected chi connectivity index (χ4v) is 3.67. The molecule has 6 N–H and O–H groups in total. The van der Waals surface area contributed by atoms with Crippen LogP contribution in [0.5, 0.6) is 0 Å². The summed E-state index contributed by atoms with van der Waals surface area (Å²) in [6.45, 7) is 6.73. The maximum atomic E-state index is 13.9. The second-order valence-electron chi connectivity index (χ2n) is 8.31. The molecule has 0 spiro atoms. The second-order valence-corrected chi connectivity index (χ2v) is 8.31. The lowest BCUT2D eigenvalue weighted by atomic mass is 9.98. The van der Waals surface area contributed by atoms with Crippen LogP contribution in [0, 0.1) is 12.7 Å².